The summed E-state index contributed by atoms with van der Waals surface area (Å²) < 4.78 is 41.0. The van der Waals surface area contributed by atoms with Crippen LogP contribution >= 0.6 is 11.6 Å². The van der Waals surface area contributed by atoms with Crippen LogP contribution in [0.1, 0.15) is 53.4 Å². The van der Waals surface area contributed by atoms with Crippen molar-refractivity contribution in [3.05, 3.63) is 63.6 Å². The van der Waals surface area contributed by atoms with Crippen LogP contribution in [0.5, 0.6) is 0 Å². The Morgan fingerprint density at radius 2 is 1.93 bits per heavy atom. The molecule has 0 saturated heterocycles. The van der Waals surface area contributed by atoms with Gasteiger partial charge in [0, 0.05) is 34.5 Å². The van der Waals surface area contributed by atoms with E-state index in [4.69, 9.17) is 11.6 Å². The number of carbonyl (C=O) groups is 1. The smallest absolute Gasteiger partial charge is 0.196 e. The third-order valence-corrected chi connectivity index (χ3v) is 6.87. The number of ketones is 1. The molecule has 0 unspecified atom stereocenters. The van der Waals surface area contributed by atoms with Gasteiger partial charge >= 0.3 is 0 Å². The van der Waals surface area contributed by atoms with Crippen LogP contribution in [0.2, 0.25) is 5.02 Å². The first kappa shape index (κ1) is 20.1. The second-order valence-electron chi connectivity index (χ2n) is 7.86. The highest BCUT2D eigenvalue weighted by atomic mass is 35.5. The fourth-order valence-corrected chi connectivity index (χ4v) is 5.41. The molecule has 0 amide bonds. The van der Waals surface area contributed by atoms with Gasteiger partial charge in [0.25, 0.3) is 0 Å². The molecule has 0 saturated carbocycles. The average molecular weight is 434 g/mol. The van der Waals surface area contributed by atoms with Crippen LogP contribution in [0.4, 0.5) is 4.39 Å². The number of hydrogen-bond donors (Lipinski definition) is 0. The minimum Gasteiger partial charge on any atom is -0.344 e. The van der Waals surface area contributed by atoms with Crippen molar-refractivity contribution in [1.29, 1.82) is 0 Å². The highest BCUT2D eigenvalue weighted by molar-refractivity contribution is 7.90. The first-order valence-electron chi connectivity index (χ1n) is 9.48. The van der Waals surface area contributed by atoms with Crippen molar-refractivity contribution in [2.24, 2.45) is 0 Å². The lowest BCUT2D eigenvalue weighted by Crippen LogP contribution is -2.11. The van der Waals surface area contributed by atoms with E-state index in [0.717, 1.165) is 29.3 Å². The molecule has 1 aliphatic heterocycles. The lowest BCUT2D eigenvalue weighted by molar-refractivity contribution is 0.103. The molecule has 4 nitrogen and oxygen atoms in total. The molecule has 4 rings (SSSR count). The number of hydrogen-bond acceptors (Lipinski definition) is 3. The number of fused-ring (bicyclic) bond motifs is 3. The topological polar surface area (TPSA) is 56.1 Å². The van der Waals surface area contributed by atoms with Gasteiger partial charge in [-0.3, -0.25) is 4.79 Å². The van der Waals surface area contributed by atoms with Gasteiger partial charge in [-0.15, -0.1) is 0 Å². The largest absolute Gasteiger partial charge is 0.344 e. The van der Waals surface area contributed by atoms with E-state index in [0.29, 0.717) is 24.0 Å². The molecule has 0 aliphatic carbocycles. The van der Waals surface area contributed by atoms with Gasteiger partial charge in [0.2, 0.25) is 0 Å². The summed E-state index contributed by atoms with van der Waals surface area (Å²) in [5, 5.41) is 0.967. The van der Waals surface area contributed by atoms with Crippen LogP contribution in [-0.2, 0) is 22.8 Å². The van der Waals surface area contributed by atoms with E-state index >= 15 is 0 Å². The third kappa shape index (κ3) is 3.28. The number of carbonyl (C=O) groups excluding carboxylic acids is 1. The molecule has 0 radical (unpaired) electrons. The van der Waals surface area contributed by atoms with E-state index in [1.165, 1.54) is 30.3 Å². The lowest BCUT2D eigenvalue weighted by atomic mass is 9.92. The van der Waals surface area contributed by atoms with E-state index in [2.05, 4.69) is 0 Å². The molecule has 1 aromatic heterocycles. The number of aryl methyl sites for hydroxylation is 1. The average Bonchev–Trinajstić information content (AvgIpc) is 3.20. The van der Waals surface area contributed by atoms with Crippen molar-refractivity contribution >= 4 is 38.1 Å². The van der Waals surface area contributed by atoms with Gasteiger partial charge in [-0.1, -0.05) is 25.4 Å². The Bertz CT molecular complexity index is 1280. The normalized spacial score (nSPS) is 14.0. The SMILES string of the molecule is CC(C)c1cc(F)cc2c1c(C(=O)c1ccc(Cl)cc1S(C)(=O)=O)c1n2CCC1. The fraction of sp³-hybridized carbons (Fsp3) is 0.318. The number of aromatic nitrogens is 1. The van der Waals surface area contributed by atoms with Crippen LogP contribution < -0.4 is 0 Å². The molecular formula is C22H21ClFNO3S. The van der Waals surface area contributed by atoms with Crippen LogP contribution in [0.25, 0.3) is 10.9 Å². The zero-order chi connectivity index (χ0) is 21.1. The van der Waals surface area contributed by atoms with Gasteiger partial charge in [-0.25, -0.2) is 12.8 Å². The molecule has 0 atom stereocenters. The summed E-state index contributed by atoms with van der Waals surface area (Å²) in [4.78, 5) is 13.6. The zero-order valence-electron chi connectivity index (χ0n) is 16.4. The van der Waals surface area contributed by atoms with Crippen molar-refractivity contribution in [3.63, 3.8) is 0 Å². The first-order chi connectivity index (χ1) is 13.6. The number of halogens is 2. The van der Waals surface area contributed by atoms with Gasteiger partial charge in [0.15, 0.2) is 15.6 Å². The second kappa shape index (κ2) is 6.96. The molecule has 3 aromatic rings. The predicted molar refractivity (Wildman–Crippen MR) is 112 cm³/mol. The summed E-state index contributed by atoms with van der Waals surface area (Å²) >= 11 is 6.00. The molecule has 2 heterocycles. The van der Waals surface area contributed by atoms with Crippen molar-refractivity contribution in [1.82, 2.24) is 4.57 Å². The van der Waals surface area contributed by atoms with E-state index in [1.54, 1.807) is 0 Å². The van der Waals surface area contributed by atoms with Gasteiger partial charge in [-0.05, 0) is 54.7 Å². The van der Waals surface area contributed by atoms with Crippen LogP contribution in [-0.4, -0.2) is 25.0 Å². The van der Waals surface area contributed by atoms with Gasteiger partial charge in [-0.2, -0.15) is 0 Å². The van der Waals surface area contributed by atoms with E-state index in [1.807, 2.05) is 18.4 Å². The highest BCUT2D eigenvalue weighted by Gasteiger charge is 2.31. The molecule has 0 bridgehead atoms. The van der Waals surface area contributed by atoms with E-state index < -0.39 is 9.84 Å². The summed E-state index contributed by atoms with van der Waals surface area (Å²) in [6.45, 7) is 4.62. The van der Waals surface area contributed by atoms with Gasteiger partial charge in [0.1, 0.15) is 5.82 Å². The monoisotopic (exact) mass is 433 g/mol. The maximum atomic E-state index is 14.3. The summed E-state index contributed by atoms with van der Waals surface area (Å²) in [5.41, 5.74) is 2.86. The number of rotatable bonds is 4. The second-order valence-corrected chi connectivity index (χ2v) is 10.3. The Morgan fingerprint density at radius 1 is 1.21 bits per heavy atom. The van der Waals surface area contributed by atoms with Crippen molar-refractivity contribution in [2.75, 3.05) is 6.26 Å². The van der Waals surface area contributed by atoms with Crippen LogP contribution in [0.3, 0.4) is 0 Å². The summed E-state index contributed by atoms with van der Waals surface area (Å²) in [6, 6.07) is 7.23. The Hall–Kier alpha value is -2.18. The van der Waals surface area contributed by atoms with Gasteiger partial charge < -0.3 is 4.57 Å². The minimum absolute atomic E-state index is 0.00229. The number of nitrogens with zero attached hydrogens (tertiary/aromatic N) is 1. The fourth-order valence-electron chi connectivity index (χ4n) is 4.27. The standard InChI is InChI=1S/C22H21ClFNO3S/c1-12(2)16-10-14(24)11-18-20(16)21(17-5-4-8-25(17)18)22(26)15-7-6-13(23)9-19(15)29(3,27)28/h6-7,9-12H,4-5,8H2,1-3H3. The Labute approximate surface area is 174 Å². The zero-order valence-corrected chi connectivity index (χ0v) is 18.0. The number of benzene rings is 2. The Balaban J connectivity index is 2.07. The Kier molecular flexibility index (Phi) is 4.82. The summed E-state index contributed by atoms with van der Waals surface area (Å²) in [6.07, 6.45) is 2.61. The summed E-state index contributed by atoms with van der Waals surface area (Å²) in [5.74, 6) is -0.700. The van der Waals surface area contributed by atoms with Crippen LogP contribution in [0, 0.1) is 5.82 Å². The van der Waals surface area contributed by atoms with E-state index in [-0.39, 0.29) is 33.0 Å². The molecule has 152 valence electrons. The summed E-state index contributed by atoms with van der Waals surface area (Å²) in [7, 11) is -3.66. The molecule has 29 heavy (non-hydrogen) atoms. The lowest BCUT2D eigenvalue weighted by Gasteiger charge is -2.12. The third-order valence-electron chi connectivity index (χ3n) is 5.50. The molecule has 0 spiro atoms. The van der Waals surface area contributed by atoms with Crippen molar-refractivity contribution in [2.45, 2.75) is 44.0 Å². The molecule has 0 N–H and O–H groups in total. The van der Waals surface area contributed by atoms with Crippen LogP contribution in [0.15, 0.2) is 35.2 Å². The minimum atomic E-state index is -3.66. The van der Waals surface area contributed by atoms with Gasteiger partial charge in [0.05, 0.1) is 16.0 Å². The first-order valence-corrected chi connectivity index (χ1v) is 11.8. The molecular weight excluding hydrogens is 413 g/mol. The van der Waals surface area contributed by atoms with Crippen molar-refractivity contribution in [3.8, 4) is 0 Å². The number of sulfone groups is 1. The maximum Gasteiger partial charge on any atom is 0.196 e. The predicted octanol–water partition coefficient (Wildman–Crippen LogP) is 5.14. The quantitative estimate of drug-likeness (QED) is 0.535. The van der Waals surface area contributed by atoms with Crippen molar-refractivity contribution < 1.29 is 17.6 Å². The van der Waals surface area contributed by atoms with E-state index in [9.17, 15) is 17.6 Å². The molecule has 1 aliphatic rings. The molecule has 2 aromatic carbocycles. The highest BCUT2D eigenvalue weighted by Crippen LogP contribution is 2.39. The molecule has 7 heteroatoms. The molecule has 0 fully saturated rings. The maximum absolute atomic E-state index is 14.3. The Morgan fingerprint density at radius 3 is 2.59 bits per heavy atom.